The van der Waals surface area contributed by atoms with Gasteiger partial charge in [-0.1, -0.05) is 36.4 Å². The summed E-state index contributed by atoms with van der Waals surface area (Å²) in [6, 6.07) is 16.3. The number of amides is 1. The number of benzene rings is 2. The van der Waals surface area contributed by atoms with Gasteiger partial charge in [0.05, 0.1) is 13.1 Å². The molecule has 0 spiro atoms. The topological polar surface area (TPSA) is 67.6 Å². The summed E-state index contributed by atoms with van der Waals surface area (Å²) in [5.41, 5.74) is 7.23. The van der Waals surface area contributed by atoms with E-state index in [9.17, 15) is 9.18 Å². The molecule has 0 radical (unpaired) electrons. The summed E-state index contributed by atoms with van der Waals surface area (Å²) in [5, 5.41) is 2.85. The van der Waals surface area contributed by atoms with Crippen molar-refractivity contribution in [3.8, 4) is 5.75 Å². The second-order valence-corrected chi connectivity index (χ2v) is 6.86. The maximum absolute atomic E-state index is 13.1. The number of hydrogen-bond donors (Lipinski definition) is 2. The first-order valence-corrected chi connectivity index (χ1v) is 9.28. The lowest BCUT2D eigenvalue weighted by Gasteiger charge is -2.16. The lowest BCUT2D eigenvalue weighted by molar-refractivity contribution is -0.122. The third-order valence-corrected chi connectivity index (χ3v) is 4.90. The zero-order valence-corrected chi connectivity index (χ0v) is 15.3. The molecule has 2 atom stereocenters. The molecule has 0 unspecified atom stereocenters. The summed E-state index contributed by atoms with van der Waals surface area (Å²) in [7, 11) is 0. The molecule has 1 fully saturated rings. The van der Waals surface area contributed by atoms with Crippen LogP contribution in [0.25, 0.3) is 0 Å². The molecule has 144 valence electrons. The summed E-state index contributed by atoms with van der Waals surface area (Å²) >= 11 is 0. The molecule has 2 aromatic carbocycles. The summed E-state index contributed by atoms with van der Waals surface area (Å²) in [6.07, 6.45) is 0. The van der Waals surface area contributed by atoms with E-state index in [0.717, 1.165) is 13.1 Å². The third kappa shape index (κ3) is 5.52. The second kappa shape index (κ2) is 9.48. The Kier molecular flexibility index (Phi) is 6.79. The molecular weight excluding hydrogens is 345 g/mol. The Morgan fingerprint density at radius 2 is 2.00 bits per heavy atom. The first-order chi connectivity index (χ1) is 13.2. The van der Waals surface area contributed by atoms with Crippen LogP contribution in [0, 0.1) is 11.7 Å². The fourth-order valence-corrected chi connectivity index (χ4v) is 3.58. The average molecular weight is 371 g/mol. The number of carbonyl (C=O) groups is 1. The van der Waals surface area contributed by atoms with Crippen LogP contribution in [0.5, 0.6) is 5.75 Å². The smallest absolute Gasteiger partial charge is 0.234 e. The van der Waals surface area contributed by atoms with Crippen LogP contribution < -0.4 is 15.8 Å². The highest BCUT2D eigenvalue weighted by Gasteiger charge is 2.33. The highest BCUT2D eigenvalue weighted by atomic mass is 19.1. The Balaban J connectivity index is 1.41. The molecule has 1 saturated heterocycles. The quantitative estimate of drug-likeness (QED) is 0.697. The van der Waals surface area contributed by atoms with Crippen molar-refractivity contribution in [1.82, 2.24) is 10.2 Å². The molecule has 1 amide bonds. The fraction of sp³-hybridized carbons (Fsp3) is 0.381. The van der Waals surface area contributed by atoms with Gasteiger partial charge in [-0.3, -0.25) is 9.69 Å². The number of halogens is 1. The van der Waals surface area contributed by atoms with Crippen LogP contribution in [-0.4, -0.2) is 50.1 Å². The molecule has 0 bridgehead atoms. The van der Waals surface area contributed by atoms with Crippen LogP contribution in [-0.2, 0) is 4.79 Å². The van der Waals surface area contributed by atoms with Gasteiger partial charge in [0, 0.05) is 25.1 Å². The van der Waals surface area contributed by atoms with E-state index in [-0.39, 0.29) is 11.7 Å². The number of nitrogens with one attached hydrogen (secondary N) is 1. The first-order valence-electron chi connectivity index (χ1n) is 9.28. The van der Waals surface area contributed by atoms with Gasteiger partial charge in [-0.15, -0.1) is 0 Å². The fourth-order valence-electron chi connectivity index (χ4n) is 3.58. The van der Waals surface area contributed by atoms with Crippen molar-refractivity contribution in [2.45, 2.75) is 5.92 Å². The Morgan fingerprint density at radius 3 is 2.74 bits per heavy atom. The van der Waals surface area contributed by atoms with Crippen molar-refractivity contribution in [3.63, 3.8) is 0 Å². The molecule has 1 aliphatic heterocycles. The zero-order chi connectivity index (χ0) is 19.1. The van der Waals surface area contributed by atoms with Crippen molar-refractivity contribution in [2.24, 2.45) is 11.7 Å². The van der Waals surface area contributed by atoms with E-state index in [4.69, 9.17) is 10.5 Å². The standard InChI is InChI=1S/C21H26FN3O2/c22-18-7-4-8-19(11-18)27-10-9-24-21(26)15-25-13-17(12-23)20(14-25)16-5-2-1-3-6-16/h1-8,11,17,20H,9-10,12-15,23H2,(H,24,26)/t17-,20+/m1/s1. The van der Waals surface area contributed by atoms with Crippen LogP contribution in [0.1, 0.15) is 11.5 Å². The average Bonchev–Trinajstić information content (AvgIpc) is 3.09. The molecular formula is C21H26FN3O2. The minimum Gasteiger partial charge on any atom is -0.492 e. The predicted octanol–water partition coefficient (Wildman–Crippen LogP) is 2.00. The Morgan fingerprint density at radius 1 is 1.19 bits per heavy atom. The molecule has 1 heterocycles. The number of hydrogen-bond acceptors (Lipinski definition) is 4. The number of rotatable bonds is 8. The molecule has 3 rings (SSSR count). The summed E-state index contributed by atoms with van der Waals surface area (Å²) < 4.78 is 18.5. The molecule has 0 aliphatic carbocycles. The van der Waals surface area contributed by atoms with E-state index in [2.05, 4.69) is 22.3 Å². The molecule has 0 aromatic heterocycles. The van der Waals surface area contributed by atoms with Gasteiger partial charge >= 0.3 is 0 Å². The Hall–Kier alpha value is -2.44. The number of ether oxygens (including phenoxy) is 1. The summed E-state index contributed by atoms with van der Waals surface area (Å²) in [6.45, 7) is 3.29. The Labute approximate surface area is 159 Å². The van der Waals surface area contributed by atoms with Crippen LogP contribution in [0.3, 0.4) is 0 Å². The number of nitrogens with two attached hydrogens (primary N) is 1. The van der Waals surface area contributed by atoms with Gasteiger partial charge in [-0.2, -0.15) is 0 Å². The van der Waals surface area contributed by atoms with Gasteiger partial charge in [0.25, 0.3) is 0 Å². The van der Waals surface area contributed by atoms with Gasteiger partial charge in [-0.05, 0) is 30.2 Å². The lowest BCUT2D eigenvalue weighted by atomic mass is 9.89. The van der Waals surface area contributed by atoms with E-state index >= 15 is 0 Å². The van der Waals surface area contributed by atoms with E-state index < -0.39 is 0 Å². The number of carbonyl (C=O) groups excluding carboxylic acids is 1. The first kappa shape index (κ1) is 19.3. The lowest BCUT2D eigenvalue weighted by Crippen LogP contribution is -2.38. The van der Waals surface area contributed by atoms with Gasteiger partial charge in [0.2, 0.25) is 5.91 Å². The minimum absolute atomic E-state index is 0.0395. The highest BCUT2D eigenvalue weighted by molar-refractivity contribution is 5.78. The SMILES string of the molecule is NC[C@@H]1CN(CC(=O)NCCOc2cccc(F)c2)C[C@H]1c1ccccc1. The van der Waals surface area contributed by atoms with E-state index in [0.29, 0.717) is 43.8 Å². The Bertz CT molecular complexity index is 741. The third-order valence-electron chi connectivity index (χ3n) is 4.90. The largest absolute Gasteiger partial charge is 0.492 e. The van der Waals surface area contributed by atoms with Crippen molar-refractivity contribution in [3.05, 3.63) is 66.0 Å². The van der Waals surface area contributed by atoms with Crippen molar-refractivity contribution < 1.29 is 13.9 Å². The molecule has 0 saturated carbocycles. The van der Waals surface area contributed by atoms with Crippen LogP contribution in [0.2, 0.25) is 0 Å². The van der Waals surface area contributed by atoms with Gasteiger partial charge < -0.3 is 15.8 Å². The van der Waals surface area contributed by atoms with Crippen molar-refractivity contribution in [1.29, 1.82) is 0 Å². The summed E-state index contributed by atoms with van der Waals surface area (Å²) in [5.74, 6) is 0.799. The van der Waals surface area contributed by atoms with E-state index in [1.54, 1.807) is 12.1 Å². The molecule has 3 N–H and O–H groups in total. The van der Waals surface area contributed by atoms with Gasteiger partial charge in [0.1, 0.15) is 18.2 Å². The van der Waals surface area contributed by atoms with Gasteiger partial charge in [0.15, 0.2) is 0 Å². The van der Waals surface area contributed by atoms with E-state index in [1.165, 1.54) is 17.7 Å². The van der Waals surface area contributed by atoms with Crippen molar-refractivity contribution >= 4 is 5.91 Å². The zero-order valence-electron chi connectivity index (χ0n) is 15.3. The van der Waals surface area contributed by atoms with Gasteiger partial charge in [-0.25, -0.2) is 4.39 Å². The van der Waals surface area contributed by atoms with Crippen LogP contribution >= 0.6 is 0 Å². The predicted molar refractivity (Wildman–Crippen MR) is 103 cm³/mol. The molecule has 1 aliphatic rings. The number of nitrogens with zero attached hydrogens (tertiary/aromatic N) is 1. The van der Waals surface area contributed by atoms with Crippen LogP contribution in [0.4, 0.5) is 4.39 Å². The monoisotopic (exact) mass is 371 g/mol. The van der Waals surface area contributed by atoms with E-state index in [1.807, 2.05) is 18.2 Å². The molecule has 2 aromatic rings. The van der Waals surface area contributed by atoms with Crippen LogP contribution in [0.15, 0.2) is 54.6 Å². The minimum atomic E-state index is -0.340. The molecule has 6 heteroatoms. The second-order valence-electron chi connectivity index (χ2n) is 6.86. The summed E-state index contributed by atoms with van der Waals surface area (Å²) in [4.78, 5) is 14.4. The maximum atomic E-state index is 13.1. The molecule has 5 nitrogen and oxygen atoms in total. The van der Waals surface area contributed by atoms with Crippen molar-refractivity contribution in [2.75, 3.05) is 39.3 Å². The highest BCUT2D eigenvalue weighted by Crippen LogP contribution is 2.31. The normalized spacial score (nSPS) is 19.8. The number of likely N-dealkylation sites (tertiary alicyclic amines) is 1. The maximum Gasteiger partial charge on any atom is 0.234 e. The molecule has 27 heavy (non-hydrogen) atoms.